The summed E-state index contributed by atoms with van der Waals surface area (Å²) in [6.45, 7) is 8.21. The van der Waals surface area contributed by atoms with Crippen molar-refractivity contribution in [3.8, 4) is 0 Å². The smallest absolute Gasteiger partial charge is 0.253 e. The van der Waals surface area contributed by atoms with Gasteiger partial charge in [-0.3, -0.25) is 4.79 Å². The Morgan fingerprint density at radius 3 is 2.93 bits per heavy atom. The Kier molecular flexibility index (Phi) is 4.85. The van der Waals surface area contributed by atoms with E-state index in [2.05, 4.69) is 33.6 Å². The van der Waals surface area contributed by atoms with Crippen LogP contribution in [0.3, 0.4) is 0 Å². The Labute approximate surface area is 176 Å². The third kappa shape index (κ3) is 3.31. The van der Waals surface area contributed by atoms with E-state index in [-0.39, 0.29) is 17.2 Å². The molecule has 1 N–H and O–H groups in total. The first-order chi connectivity index (χ1) is 14.6. The summed E-state index contributed by atoms with van der Waals surface area (Å²) < 4.78 is 7.87. The van der Waals surface area contributed by atoms with Crippen molar-refractivity contribution in [1.29, 1.82) is 0 Å². The minimum Gasteiger partial charge on any atom is -0.381 e. The molecule has 5 rings (SSSR count). The van der Waals surface area contributed by atoms with Crippen molar-refractivity contribution in [3.63, 3.8) is 0 Å². The summed E-state index contributed by atoms with van der Waals surface area (Å²) in [5.74, 6) is 1.80. The molecule has 2 aromatic heterocycles. The number of benzene rings is 1. The number of rotatable bonds is 4. The SMILES string of the molecule is CC(C)Cn1cnnc1C1CN(C(=O)c2ccc3cc[nH]c3c2)CC12CCOCC2. The number of carbonyl (C=O) groups excluding carboxylic acids is 1. The Bertz CT molecular complexity index is 1050. The molecule has 2 fully saturated rings. The van der Waals surface area contributed by atoms with E-state index in [4.69, 9.17) is 4.74 Å². The van der Waals surface area contributed by atoms with Crippen molar-refractivity contribution < 1.29 is 9.53 Å². The lowest BCUT2D eigenvalue weighted by atomic mass is 9.71. The van der Waals surface area contributed by atoms with Gasteiger partial charge in [0, 0.05) is 61.5 Å². The zero-order chi connectivity index (χ0) is 20.7. The molecule has 2 aliphatic rings. The predicted molar refractivity (Wildman–Crippen MR) is 114 cm³/mol. The van der Waals surface area contributed by atoms with Crippen molar-refractivity contribution in [1.82, 2.24) is 24.6 Å². The molecule has 158 valence electrons. The van der Waals surface area contributed by atoms with E-state index in [0.29, 0.717) is 12.5 Å². The monoisotopic (exact) mass is 407 g/mol. The molecule has 1 amide bonds. The van der Waals surface area contributed by atoms with E-state index < -0.39 is 0 Å². The van der Waals surface area contributed by atoms with Gasteiger partial charge in [-0.15, -0.1) is 10.2 Å². The Morgan fingerprint density at radius 1 is 1.30 bits per heavy atom. The van der Waals surface area contributed by atoms with Crippen molar-refractivity contribution in [2.75, 3.05) is 26.3 Å². The number of amides is 1. The normalized spacial score (nSPS) is 21.2. The molecular formula is C23H29N5O2. The largest absolute Gasteiger partial charge is 0.381 e. The standard InChI is InChI=1S/C23H29N5O2/c1-16(2)12-28-15-25-26-21(28)19-13-27(14-23(19)6-9-30-10-7-23)22(29)18-4-3-17-5-8-24-20(17)11-18/h3-5,8,11,15-16,19,24H,6-7,9-10,12-14H2,1-2H3. The number of hydrogen-bond donors (Lipinski definition) is 1. The molecule has 3 aromatic rings. The van der Waals surface area contributed by atoms with Gasteiger partial charge in [0.05, 0.1) is 0 Å². The van der Waals surface area contributed by atoms with Crippen LogP contribution >= 0.6 is 0 Å². The van der Waals surface area contributed by atoms with Crippen LogP contribution in [0, 0.1) is 11.3 Å². The summed E-state index contributed by atoms with van der Waals surface area (Å²) in [5.41, 5.74) is 1.73. The highest BCUT2D eigenvalue weighted by atomic mass is 16.5. The number of ether oxygens (including phenoxy) is 1. The maximum atomic E-state index is 13.5. The number of hydrogen-bond acceptors (Lipinski definition) is 4. The summed E-state index contributed by atoms with van der Waals surface area (Å²) in [5, 5.41) is 9.88. The molecule has 1 unspecified atom stereocenters. The summed E-state index contributed by atoms with van der Waals surface area (Å²) in [6.07, 6.45) is 5.65. The number of fused-ring (bicyclic) bond motifs is 1. The van der Waals surface area contributed by atoms with Crippen molar-refractivity contribution in [3.05, 3.63) is 48.2 Å². The maximum Gasteiger partial charge on any atom is 0.253 e. The van der Waals surface area contributed by atoms with Crippen LogP contribution in [0.1, 0.15) is 48.8 Å². The predicted octanol–water partition coefficient (Wildman–Crippen LogP) is 3.45. The second kappa shape index (κ2) is 7.54. The zero-order valence-corrected chi connectivity index (χ0v) is 17.7. The van der Waals surface area contributed by atoms with Crippen molar-refractivity contribution in [2.24, 2.45) is 11.3 Å². The highest BCUT2D eigenvalue weighted by molar-refractivity contribution is 5.98. The molecule has 0 radical (unpaired) electrons. The molecule has 1 atom stereocenters. The molecule has 7 heteroatoms. The Balaban J connectivity index is 1.47. The van der Waals surface area contributed by atoms with E-state index in [1.807, 2.05) is 41.7 Å². The molecule has 0 saturated carbocycles. The second-order valence-corrected chi connectivity index (χ2v) is 9.23. The number of likely N-dealkylation sites (tertiary alicyclic amines) is 1. The fourth-order valence-corrected chi connectivity index (χ4v) is 5.19. The molecule has 0 bridgehead atoms. The van der Waals surface area contributed by atoms with Crippen molar-refractivity contribution in [2.45, 2.75) is 39.2 Å². The lowest BCUT2D eigenvalue weighted by molar-refractivity contribution is 0.0106. The zero-order valence-electron chi connectivity index (χ0n) is 17.7. The number of aromatic nitrogens is 4. The van der Waals surface area contributed by atoms with Crippen LogP contribution in [0.2, 0.25) is 0 Å². The first-order valence-electron chi connectivity index (χ1n) is 10.9. The third-order valence-electron chi connectivity index (χ3n) is 6.74. The van der Waals surface area contributed by atoms with Crippen LogP contribution in [0.15, 0.2) is 36.8 Å². The lowest BCUT2D eigenvalue weighted by Gasteiger charge is -2.37. The van der Waals surface area contributed by atoms with Crippen LogP contribution in [0.25, 0.3) is 10.9 Å². The molecule has 1 spiro atoms. The topological polar surface area (TPSA) is 76.0 Å². The van der Waals surface area contributed by atoms with Crippen LogP contribution in [-0.2, 0) is 11.3 Å². The maximum absolute atomic E-state index is 13.5. The van der Waals surface area contributed by atoms with E-state index in [1.165, 1.54) is 0 Å². The lowest BCUT2D eigenvalue weighted by Crippen LogP contribution is -2.38. The van der Waals surface area contributed by atoms with Crippen LogP contribution in [0.5, 0.6) is 0 Å². The van der Waals surface area contributed by atoms with Gasteiger partial charge in [-0.25, -0.2) is 0 Å². The number of nitrogens with zero attached hydrogens (tertiary/aromatic N) is 4. The summed E-state index contributed by atoms with van der Waals surface area (Å²) in [4.78, 5) is 18.7. The highest BCUT2D eigenvalue weighted by Gasteiger charge is 2.51. The molecule has 30 heavy (non-hydrogen) atoms. The quantitative estimate of drug-likeness (QED) is 0.719. The van der Waals surface area contributed by atoms with Crippen molar-refractivity contribution >= 4 is 16.8 Å². The van der Waals surface area contributed by atoms with Crippen LogP contribution < -0.4 is 0 Å². The summed E-state index contributed by atoms with van der Waals surface area (Å²) >= 11 is 0. The van der Waals surface area contributed by atoms with E-state index in [1.54, 1.807) is 0 Å². The first kappa shape index (κ1) is 19.3. The molecule has 2 saturated heterocycles. The van der Waals surface area contributed by atoms with E-state index in [0.717, 1.165) is 61.4 Å². The Morgan fingerprint density at radius 2 is 2.13 bits per heavy atom. The molecule has 7 nitrogen and oxygen atoms in total. The third-order valence-corrected chi connectivity index (χ3v) is 6.74. The number of nitrogens with one attached hydrogen (secondary N) is 1. The van der Waals surface area contributed by atoms with Crippen LogP contribution in [-0.4, -0.2) is 56.9 Å². The van der Waals surface area contributed by atoms with Gasteiger partial charge in [0.15, 0.2) is 0 Å². The van der Waals surface area contributed by atoms with Crippen LogP contribution in [0.4, 0.5) is 0 Å². The highest BCUT2D eigenvalue weighted by Crippen LogP contribution is 2.49. The fraction of sp³-hybridized carbons (Fsp3) is 0.522. The summed E-state index contributed by atoms with van der Waals surface area (Å²) in [7, 11) is 0. The average molecular weight is 408 g/mol. The van der Waals surface area contributed by atoms with Gasteiger partial charge >= 0.3 is 0 Å². The number of H-pyrrole nitrogens is 1. The average Bonchev–Trinajstić information content (AvgIpc) is 3.46. The minimum atomic E-state index is 0.00616. The second-order valence-electron chi connectivity index (χ2n) is 9.23. The van der Waals surface area contributed by atoms with Gasteiger partial charge in [0.25, 0.3) is 5.91 Å². The molecular weight excluding hydrogens is 378 g/mol. The first-order valence-corrected chi connectivity index (χ1v) is 10.9. The van der Waals surface area contributed by atoms with Gasteiger partial charge in [-0.2, -0.15) is 0 Å². The van der Waals surface area contributed by atoms with Gasteiger partial charge in [0.2, 0.25) is 0 Å². The fourth-order valence-electron chi connectivity index (χ4n) is 5.19. The van der Waals surface area contributed by atoms with Gasteiger partial charge in [-0.1, -0.05) is 19.9 Å². The molecule has 1 aromatic carbocycles. The number of carbonyl (C=O) groups is 1. The van der Waals surface area contributed by atoms with Gasteiger partial charge in [-0.05, 0) is 42.3 Å². The minimum absolute atomic E-state index is 0.00616. The Hall–Kier alpha value is -2.67. The van der Waals surface area contributed by atoms with E-state index in [9.17, 15) is 4.79 Å². The van der Waals surface area contributed by atoms with E-state index >= 15 is 0 Å². The molecule has 4 heterocycles. The number of aromatic amines is 1. The van der Waals surface area contributed by atoms with Gasteiger partial charge in [0.1, 0.15) is 12.2 Å². The summed E-state index contributed by atoms with van der Waals surface area (Å²) in [6, 6.07) is 7.93. The molecule has 2 aliphatic heterocycles. The molecule has 0 aliphatic carbocycles. The van der Waals surface area contributed by atoms with Gasteiger partial charge < -0.3 is 19.2 Å².